The molecule has 0 fully saturated rings. The Morgan fingerprint density at radius 3 is 2.84 bits per heavy atom. The number of anilines is 2. The van der Waals surface area contributed by atoms with Crippen molar-refractivity contribution in [3.63, 3.8) is 0 Å². The molecule has 0 saturated carbocycles. The molecule has 0 aliphatic heterocycles. The third-order valence-corrected chi connectivity index (χ3v) is 6.29. The van der Waals surface area contributed by atoms with E-state index in [4.69, 9.17) is 0 Å². The summed E-state index contributed by atoms with van der Waals surface area (Å²) in [5.41, 5.74) is 3.98. The minimum Gasteiger partial charge on any atom is -0.340 e. The summed E-state index contributed by atoms with van der Waals surface area (Å²) in [6.45, 7) is 4.58. The molecule has 4 rings (SSSR count). The van der Waals surface area contributed by atoms with E-state index < -0.39 is 0 Å². The van der Waals surface area contributed by atoms with E-state index in [2.05, 4.69) is 53.4 Å². The van der Waals surface area contributed by atoms with Crippen LogP contribution in [-0.4, -0.2) is 9.97 Å². The van der Waals surface area contributed by atoms with Crippen LogP contribution in [0.1, 0.15) is 49.1 Å². The Balaban J connectivity index is 1.63. The van der Waals surface area contributed by atoms with E-state index in [9.17, 15) is 0 Å². The van der Waals surface area contributed by atoms with Gasteiger partial charge in [0.05, 0.1) is 5.39 Å². The first kappa shape index (κ1) is 16.5. The van der Waals surface area contributed by atoms with Crippen LogP contribution in [0.25, 0.3) is 10.2 Å². The van der Waals surface area contributed by atoms with Gasteiger partial charge in [-0.2, -0.15) is 0 Å². The summed E-state index contributed by atoms with van der Waals surface area (Å²) in [5.74, 6) is 1.74. The molecule has 0 amide bonds. The Kier molecular flexibility index (Phi) is 4.71. The number of fused-ring (bicyclic) bond motifs is 3. The molecule has 2 aromatic heterocycles. The van der Waals surface area contributed by atoms with Gasteiger partial charge in [-0.1, -0.05) is 32.4 Å². The van der Waals surface area contributed by atoms with Gasteiger partial charge in [0.2, 0.25) is 0 Å². The first-order chi connectivity index (χ1) is 12.2. The second-order valence-corrected chi connectivity index (χ2v) is 8.26. The van der Waals surface area contributed by atoms with Gasteiger partial charge in [-0.15, -0.1) is 11.3 Å². The standard InChI is InChI=1S/C21H25N3S/c1-3-4-5-15-7-9-16(10-8-15)24-20-19-17-11-6-14(2)12-18(17)25-21(19)23-13-22-20/h7-10,13-14H,3-6,11-12H2,1-2H3,(H,22,23,24)/t14-/m1/s1. The number of aromatic nitrogens is 2. The second kappa shape index (κ2) is 7.12. The fraction of sp³-hybridized carbons (Fsp3) is 0.429. The lowest BCUT2D eigenvalue weighted by molar-refractivity contribution is 0.509. The number of hydrogen-bond donors (Lipinski definition) is 1. The largest absolute Gasteiger partial charge is 0.340 e. The summed E-state index contributed by atoms with van der Waals surface area (Å²) in [6.07, 6.45) is 8.92. The lowest BCUT2D eigenvalue weighted by Gasteiger charge is -2.18. The zero-order chi connectivity index (χ0) is 17.2. The number of aryl methyl sites for hydroxylation is 2. The third-order valence-electron chi connectivity index (χ3n) is 5.13. The van der Waals surface area contributed by atoms with E-state index in [0.717, 1.165) is 35.1 Å². The van der Waals surface area contributed by atoms with Crippen molar-refractivity contribution in [2.45, 2.75) is 52.4 Å². The highest BCUT2D eigenvalue weighted by atomic mass is 32.1. The maximum atomic E-state index is 4.56. The molecule has 1 N–H and O–H groups in total. The average molecular weight is 352 g/mol. The molecule has 3 aromatic rings. The Hall–Kier alpha value is -1.94. The van der Waals surface area contributed by atoms with E-state index in [0.29, 0.717) is 0 Å². The number of unbranched alkanes of at least 4 members (excludes halogenated alkanes) is 1. The van der Waals surface area contributed by atoms with Crippen LogP contribution < -0.4 is 5.32 Å². The summed E-state index contributed by atoms with van der Waals surface area (Å²) in [7, 11) is 0. The number of hydrogen-bond acceptors (Lipinski definition) is 4. The van der Waals surface area contributed by atoms with Crippen molar-refractivity contribution in [3.05, 3.63) is 46.6 Å². The van der Waals surface area contributed by atoms with Gasteiger partial charge in [-0.25, -0.2) is 9.97 Å². The number of rotatable bonds is 5. The quantitative estimate of drug-likeness (QED) is 0.621. The molecule has 0 radical (unpaired) electrons. The molecule has 0 saturated heterocycles. The molecular formula is C21H25N3S. The van der Waals surface area contributed by atoms with Crippen molar-refractivity contribution >= 4 is 33.1 Å². The zero-order valence-corrected chi connectivity index (χ0v) is 15.8. The molecule has 4 heteroatoms. The molecule has 1 aliphatic rings. The molecule has 0 unspecified atom stereocenters. The van der Waals surface area contributed by atoms with E-state index in [1.165, 1.54) is 47.1 Å². The SMILES string of the molecule is CCCCc1ccc(Nc2ncnc3sc4c(c23)CC[C@@H](C)C4)cc1. The number of thiophene rings is 1. The highest BCUT2D eigenvalue weighted by molar-refractivity contribution is 7.19. The van der Waals surface area contributed by atoms with Gasteiger partial charge < -0.3 is 5.32 Å². The number of benzene rings is 1. The molecule has 2 heterocycles. The zero-order valence-electron chi connectivity index (χ0n) is 15.0. The van der Waals surface area contributed by atoms with Gasteiger partial charge in [-0.05, 0) is 61.3 Å². The summed E-state index contributed by atoms with van der Waals surface area (Å²) >= 11 is 1.85. The molecule has 1 aliphatic carbocycles. The topological polar surface area (TPSA) is 37.8 Å². The van der Waals surface area contributed by atoms with Crippen LogP contribution in [0.5, 0.6) is 0 Å². The van der Waals surface area contributed by atoms with Crippen molar-refractivity contribution in [2.24, 2.45) is 5.92 Å². The number of nitrogens with one attached hydrogen (secondary N) is 1. The molecule has 0 bridgehead atoms. The Morgan fingerprint density at radius 1 is 1.20 bits per heavy atom. The van der Waals surface area contributed by atoms with Crippen molar-refractivity contribution in [1.29, 1.82) is 0 Å². The summed E-state index contributed by atoms with van der Waals surface area (Å²) in [5, 5.41) is 4.77. The van der Waals surface area contributed by atoms with Gasteiger partial charge in [0.1, 0.15) is 17.0 Å². The van der Waals surface area contributed by atoms with E-state index in [1.807, 2.05) is 11.3 Å². The Bertz CT molecular complexity index is 867. The first-order valence-corrected chi connectivity index (χ1v) is 10.2. The molecular weight excluding hydrogens is 326 g/mol. The molecule has 25 heavy (non-hydrogen) atoms. The van der Waals surface area contributed by atoms with Gasteiger partial charge in [-0.3, -0.25) is 0 Å². The first-order valence-electron chi connectivity index (χ1n) is 9.35. The van der Waals surface area contributed by atoms with Crippen molar-refractivity contribution in [1.82, 2.24) is 9.97 Å². The van der Waals surface area contributed by atoms with Crippen LogP contribution in [0.4, 0.5) is 11.5 Å². The Morgan fingerprint density at radius 2 is 2.04 bits per heavy atom. The fourth-order valence-electron chi connectivity index (χ4n) is 3.64. The van der Waals surface area contributed by atoms with Gasteiger partial charge in [0.25, 0.3) is 0 Å². The number of nitrogens with zero attached hydrogens (tertiary/aromatic N) is 2. The van der Waals surface area contributed by atoms with Gasteiger partial charge >= 0.3 is 0 Å². The Labute approximate surface area is 153 Å². The van der Waals surface area contributed by atoms with Crippen LogP contribution in [0, 0.1) is 5.92 Å². The molecule has 1 aromatic carbocycles. The monoisotopic (exact) mass is 351 g/mol. The van der Waals surface area contributed by atoms with E-state index in [1.54, 1.807) is 6.33 Å². The van der Waals surface area contributed by atoms with E-state index >= 15 is 0 Å². The van der Waals surface area contributed by atoms with Crippen molar-refractivity contribution in [3.8, 4) is 0 Å². The van der Waals surface area contributed by atoms with Gasteiger partial charge in [0, 0.05) is 10.6 Å². The molecule has 1 atom stereocenters. The van der Waals surface area contributed by atoms with Crippen LogP contribution >= 0.6 is 11.3 Å². The highest BCUT2D eigenvalue weighted by Gasteiger charge is 2.23. The average Bonchev–Trinajstić information content (AvgIpc) is 2.99. The predicted octanol–water partition coefficient (Wildman–Crippen LogP) is 5.90. The van der Waals surface area contributed by atoms with Crippen LogP contribution in [0.2, 0.25) is 0 Å². The van der Waals surface area contributed by atoms with Crippen LogP contribution in [-0.2, 0) is 19.3 Å². The molecule has 130 valence electrons. The smallest absolute Gasteiger partial charge is 0.142 e. The van der Waals surface area contributed by atoms with E-state index in [-0.39, 0.29) is 0 Å². The second-order valence-electron chi connectivity index (χ2n) is 7.18. The highest BCUT2D eigenvalue weighted by Crippen LogP contribution is 2.40. The van der Waals surface area contributed by atoms with Crippen molar-refractivity contribution < 1.29 is 0 Å². The van der Waals surface area contributed by atoms with Crippen LogP contribution in [0.3, 0.4) is 0 Å². The lowest BCUT2D eigenvalue weighted by Crippen LogP contribution is -2.09. The lowest BCUT2D eigenvalue weighted by atomic mass is 9.89. The summed E-state index contributed by atoms with van der Waals surface area (Å²) < 4.78 is 0. The van der Waals surface area contributed by atoms with Crippen molar-refractivity contribution in [2.75, 3.05) is 5.32 Å². The normalized spacial score (nSPS) is 16.8. The maximum Gasteiger partial charge on any atom is 0.142 e. The minimum atomic E-state index is 0.778. The predicted molar refractivity (Wildman–Crippen MR) is 107 cm³/mol. The maximum absolute atomic E-state index is 4.56. The third kappa shape index (κ3) is 3.40. The van der Waals surface area contributed by atoms with Gasteiger partial charge in [0.15, 0.2) is 0 Å². The molecule has 3 nitrogen and oxygen atoms in total. The summed E-state index contributed by atoms with van der Waals surface area (Å²) in [6, 6.07) is 8.78. The fourth-order valence-corrected chi connectivity index (χ4v) is 4.99. The molecule has 0 spiro atoms. The minimum absolute atomic E-state index is 0.778. The summed E-state index contributed by atoms with van der Waals surface area (Å²) in [4.78, 5) is 11.7. The van der Waals surface area contributed by atoms with Crippen LogP contribution in [0.15, 0.2) is 30.6 Å².